The SMILES string of the molecule is CC(C)(C)OC(=O)NCC(CN)c1cccc(C(F)(F)F)c1F. The average Bonchev–Trinajstić information content (AvgIpc) is 2.37. The predicted octanol–water partition coefficient (Wildman–Crippen LogP) is 3.41. The lowest BCUT2D eigenvalue weighted by molar-refractivity contribution is -0.140. The van der Waals surface area contributed by atoms with Gasteiger partial charge in [-0.2, -0.15) is 13.2 Å². The highest BCUT2D eigenvalue weighted by molar-refractivity contribution is 5.67. The van der Waals surface area contributed by atoms with Crippen LogP contribution in [0.1, 0.15) is 37.8 Å². The van der Waals surface area contributed by atoms with Gasteiger partial charge in [-0.05, 0) is 32.4 Å². The molecule has 1 atom stereocenters. The van der Waals surface area contributed by atoms with Gasteiger partial charge in [-0.1, -0.05) is 12.1 Å². The number of alkyl carbamates (subject to hydrolysis) is 1. The molecule has 0 saturated carbocycles. The number of nitrogens with two attached hydrogens (primary N) is 1. The van der Waals surface area contributed by atoms with Gasteiger partial charge in [0.15, 0.2) is 0 Å². The number of hydrogen-bond acceptors (Lipinski definition) is 3. The van der Waals surface area contributed by atoms with E-state index in [9.17, 15) is 22.4 Å². The molecule has 0 spiro atoms. The summed E-state index contributed by atoms with van der Waals surface area (Å²) in [5, 5.41) is 2.39. The second-order valence-corrected chi connectivity index (χ2v) is 6.02. The largest absolute Gasteiger partial charge is 0.444 e. The van der Waals surface area contributed by atoms with Gasteiger partial charge >= 0.3 is 12.3 Å². The van der Waals surface area contributed by atoms with Crippen LogP contribution in [0.4, 0.5) is 22.4 Å². The van der Waals surface area contributed by atoms with Gasteiger partial charge in [0, 0.05) is 19.0 Å². The normalized spacial score (nSPS) is 13.6. The standard InChI is InChI=1S/C15H20F4N2O2/c1-14(2,3)23-13(22)21-8-9(7-20)10-5-4-6-11(12(10)16)15(17,18)19/h4-6,9H,7-8,20H2,1-3H3,(H,21,22). The van der Waals surface area contributed by atoms with Crippen LogP contribution < -0.4 is 11.1 Å². The number of alkyl halides is 3. The number of benzene rings is 1. The second kappa shape index (κ2) is 7.16. The zero-order valence-electron chi connectivity index (χ0n) is 13.1. The Morgan fingerprint density at radius 1 is 1.30 bits per heavy atom. The Balaban J connectivity index is 2.89. The molecule has 0 fully saturated rings. The van der Waals surface area contributed by atoms with Crippen LogP contribution in [0, 0.1) is 5.82 Å². The van der Waals surface area contributed by atoms with Gasteiger partial charge in [-0.3, -0.25) is 0 Å². The van der Waals surface area contributed by atoms with Crippen LogP contribution in [0.5, 0.6) is 0 Å². The predicted molar refractivity (Wildman–Crippen MR) is 77.4 cm³/mol. The fourth-order valence-corrected chi connectivity index (χ4v) is 1.93. The van der Waals surface area contributed by atoms with E-state index in [0.29, 0.717) is 6.07 Å². The topological polar surface area (TPSA) is 64.3 Å². The van der Waals surface area contributed by atoms with E-state index in [1.54, 1.807) is 20.8 Å². The first-order valence-corrected chi connectivity index (χ1v) is 6.98. The summed E-state index contributed by atoms with van der Waals surface area (Å²) in [7, 11) is 0. The van der Waals surface area contributed by atoms with E-state index in [-0.39, 0.29) is 18.7 Å². The molecule has 3 N–H and O–H groups in total. The summed E-state index contributed by atoms with van der Waals surface area (Å²) in [6, 6.07) is 2.99. The Bertz CT molecular complexity index is 553. The van der Waals surface area contributed by atoms with Gasteiger partial charge in [-0.15, -0.1) is 0 Å². The number of rotatable bonds is 4. The Morgan fingerprint density at radius 3 is 2.39 bits per heavy atom. The average molecular weight is 336 g/mol. The molecule has 8 heteroatoms. The molecule has 0 aliphatic carbocycles. The Morgan fingerprint density at radius 2 is 1.91 bits per heavy atom. The fourth-order valence-electron chi connectivity index (χ4n) is 1.93. The van der Waals surface area contributed by atoms with Crippen LogP contribution >= 0.6 is 0 Å². The van der Waals surface area contributed by atoms with Gasteiger partial charge < -0.3 is 15.8 Å². The number of ether oxygens (including phenoxy) is 1. The van der Waals surface area contributed by atoms with Gasteiger partial charge in [-0.25, -0.2) is 9.18 Å². The lowest BCUT2D eigenvalue weighted by Crippen LogP contribution is -2.36. The van der Waals surface area contributed by atoms with E-state index < -0.39 is 35.2 Å². The molecule has 0 heterocycles. The Kier molecular flexibility index (Phi) is 5.98. The molecule has 1 unspecified atom stereocenters. The lowest BCUT2D eigenvalue weighted by Gasteiger charge is -2.22. The zero-order valence-corrected chi connectivity index (χ0v) is 13.1. The van der Waals surface area contributed by atoms with E-state index in [4.69, 9.17) is 10.5 Å². The first-order chi connectivity index (χ1) is 10.5. The third-order valence-corrected chi connectivity index (χ3v) is 2.95. The molecule has 1 rings (SSSR count). The molecule has 23 heavy (non-hydrogen) atoms. The second-order valence-electron chi connectivity index (χ2n) is 6.02. The maximum Gasteiger partial charge on any atom is 0.419 e. The van der Waals surface area contributed by atoms with Crippen LogP contribution in [-0.4, -0.2) is 24.8 Å². The number of amides is 1. The minimum absolute atomic E-state index is 0.131. The third-order valence-electron chi connectivity index (χ3n) is 2.95. The van der Waals surface area contributed by atoms with E-state index in [0.717, 1.165) is 6.07 Å². The molecule has 1 aromatic carbocycles. The maximum atomic E-state index is 14.1. The van der Waals surface area contributed by atoms with Crippen molar-refractivity contribution >= 4 is 6.09 Å². The number of carbonyl (C=O) groups excluding carboxylic acids is 1. The summed E-state index contributed by atoms with van der Waals surface area (Å²) >= 11 is 0. The van der Waals surface area contributed by atoms with Crippen molar-refractivity contribution in [2.75, 3.05) is 13.1 Å². The molecule has 0 aromatic heterocycles. The van der Waals surface area contributed by atoms with Crippen LogP contribution in [0.25, 0.3) is 0 Å². The lowest BCUT2D eigenvalue weighted by atomic mass is 9.96. The van der Waals surface area contributed by atoms with Gasteiger partial charge in [0.25, 0.3) is 0 Å². The summed E-state index contributed by atoms with van der Waals surface area (Å²) < 4.78 is 57.3. The molecule has 0 saturated heterocycles. The van der Waals surface area contributed by atoms with Gasteiger partial charge in [0.2, 0.25) is 0 Å². The molecule has 0 aliphatic heterocycles. The Labute approximate surface area is 132 Å². The first-order valence-electron chi connectivity index (χ1n) is 6.98. The van der Waals surface area contributed by atoms with Crippen molar-refractivity contribution in [1.29, 1.82) is 0 Å². The van der Waals surface area contributed by atoms with Crippen molar-refractivity contribution in [3.63, 3.8) is 0 Å². The molecule has 0 aliphatic rings. The molecule has 0 radical (unpaired) electrons. The molecule has 1 amide bonds. The number of halogens is 4. The van der Waals surface area contributed by atoms with E-state index in [1.807, 2.05) is 0 Å². The van der Waals surface area contributed by atoms with Crippen LogP contribution in [0.3, 0.4) is 0 Å². The number of hydrogen-bond donors (Lipinski definition) is 2. The zero-order chi connectivity index (χ0) is 17.8. The van der Waals surface area contributed by atoms with Crippen molar-refractivity contribution in [1.82, 2.24) is 5.32 Å². The quantitative estimate of drug-likeness (QED) is 0.828. The third kappa shape index (κ3) is 5.70. The van der Waals surface area contributed by atoms with Crippen molar-refractivity contribution in [2.24, 2.45) is 5.73 Å². The maximum absolute atomic E-state index is 14.1. The smallest absolute Gasteiger partial charge is 0.419 e. The van der Waals surface area contributed by atoms with Crippen LogP contribution in [0.2, 0.25) is 0 Å². The summed E-state index contributed by atoms with van der Waals surface area (Å²) in [6.07, 6.45) is -5.54. The summed E-state index contributed by atoms with van der Waals surface area (Å²) in [5.41, 5.74) is 3.24. The molecule has 130 valence electrons. The first kappa shape index (κ1) is 19.2. The molecule has 1 aromatic rings. The summed E-state index contributed by atoms with van der Waals surface area (Å²) in [6.45, 7) is 4.73. The molecule has 0 bridgehead atoms. The highest BCUT2D eigenvalue weighted by atomic mass is 19.4. The minimum Gasteiger partial charge on any atom is -0.444 e. The highest BCUT2D eigenvalue weighted by Gasteiger charge is 2.35. The number of nitrogens with one attached hydrogen (secondary N) is 1. The van der Waals surface area contributed by atoms with Gasteiger partial charge in [0.1, 0.15) is 11.4 Å². The van der Waals surface area contributed by atoms with Crippen LogP contribution in [-0.2, 0) is 10.9 Å². The minimum atomic E-state index is -4.79. The van der Waals surface area contributed by atoms with Crippen molar-refractivity contribution in [3.8, 4) is 0 Å². The molecular weight excluding hydrogens is 316 g/mol. The van der Waals surface area contributed by atoms with Crippen LogP contribution in [0.15, 0.2) is 18.2 Å². The van der Waals surface area contributed by atoms with E-state index in [2.05, 4.69) is 5.32 Å². The van der Waals surface area contributed by atoms with Gasteiger partial charge in [0.05, 0.1) is 5.56 Å². The van der Waals surface area contributed by atoms with Crippen molar-refractivity contribution < 1.29 is 27.1 Å². The van der Waals surface area contributed by atoms with E-state index >= 15 is 0 Å². The Hall–Kier alpha value is -1.83. The van der Waals surface area contributed by atoms with Crippen molar-refractivity contribution in [3.05, 3.63) is 35.1 Å². The van der Waals surface area contributed by atoms with Crippen molar-refractivity contribution in [2.45, 2.75) is 38.5 Å². The number of carbonyl (C=O) groups is 1. The van der Waals surface area contributed by atoms with E-state index in [1.165, 1.54) is 6.07 Å². The molecule has 4 nitrogen and oxygen atoms in total. The monoisotopic (exact) mass is 336 g/mol. The molecular formula is C15H20F4N2O2. The summed E-state index contributed by atoms with van der Waals surface area (Å²) in [4.78, 5) is 11.6. The summed E-state index contributed by atoms with van der Waals surface area (Å²) in [5.74, 6) is -2.17. The fraction of sp³-hybridized carbons (Fsp3) is 0.533. The highest BCUT2D eigenvalue weighted by Crippen LogP contribution is 2.34.